The van der Waals surface area contributed by atoms with Gasteiger partial charge in [0.15, 0.2) is 0 Å². The Kier molecular flexibility index (Phi) is 7.69. The van der Waals surface area contributed by atoms with Crippen LogP contribution in [0.2, 0.25) is 0 Å². The van der Waals surface area contributed by atoms with E-state index in [1.54, 1.807) is 0 Å². The van der Waals surface area contributed by atoms with Gasteiger partial charge in [0.2, 0.25) is 5.91 Å². The Bertz CT molecular complexity index is 137. The van der Waals surface area contributed by atoms with E-state index in [1.807, 2.05) is 0 Å². The lowest BCUT2D eigenvalue weighted by Gasteiger charge is -2.14. The molecule has 0 aromatic carbocycles. The molecule has 0 aromatic heterocycles. The number of rotatable bonds is 8. The fourth-order valence-corrected chi connectivity index (χ4v) is 1.34. The Labute approximate surface area is 81.1 Å². The van der Waals surface area contributed by atoms with Gasteiger partial charge in [0, 0.05) is 0 Å². The molecule has 0 radical (unpaired) electrons. The van der Waals surface area contributed by atoms with Gasteiger partial charge in [-0.05, 0) is 18.9 Å². The van der Waals surface area contributed by atoms with Crippen LogP contribution < -0.4 is 11.1 Å². The molecule has 0 rings (SSSR count). The number of carbonyl (C=O) groups is 1. The number of hydrogen-bond acceptors (Lipinski definition) is 2. The topological polar surface area (TPSA) is 55.1 Å². The third-order valence-electron chi connectivity index (χ3n) is 2.28. The van der Waals surface area contributed by atoms with Gasteiger partial charge in [0.05, 0.1) is 6.54 Å². The summed E-state index contributed by atoms with van der Waals surface area (Å²) in [5, 5.41) is 3.07. The highest BCUT2D eigenvalue weighted by atomic mass is 16.1. The van der Waals surface area contributed by atoms with Crippen LogP contribution in [-0.2, 0) is 4.79 Å². The Morgan fingerprint density at radius 3 is 2.62 bits per heavy atom. The molecule has 0 aliphatic rings. The molecule has 3 heteroatoms. The second-order valence-corrected chi connectivity index (χ2v) is 3.51. The lowest BCUT2D eigenvalue weighted by Crippen LogP contribution is -2.32. The molecule has 0 saturated heterocycles. The molecule has 1 amide bonds. The second kappa shape index (κ2) is 8.05. The van der Waals surface area contributed by atoms with Gasteiger partial charge in [-0.2, -0.15) is 0 Å². The molecule has 1 unspecified atom stereocenters. The molecule has 3 nitrogen and oxygen atoms in total. The van der Waals surface area contributed by atoms with Crippen molar-refractivity contribution in [3.63, 3.8) is 0 Å². The van der Waals surface area contributed by atoms with Crippen LogP contribution >= 0.6 is 0 Å². The Balaban J connectivity index is 3.41. The standard InChI is InChI=1S/C10H22N2O/c1-3-5-6-9(4-2)7-12-8-10(11)13/h9,12H,3-8H2,1-2H3,(H2,11,13). The smallest absolute Gasteiger partial charge is 0.231 e. The molecule has 0 fully saturated rings. The van der Waals surface area contributed by atoms with Crippen LogP contribution in [0.15, 0.2) is 0 Å². The zero-order valence-electron chi connectivity index (χ0n) is 8.81. The van der Waals surface area contributed by atoms with Crippen LogP contribution in [0.25, 0.3) is 0 Å². The summed E-state index contributed by atoms with van der Waals surface area (Å²) in [6.07, 6.45) is 4.94. The molecule has 0 aliphatic carbocycles. The highest BCUT2D eigenvalue weighted by Gasteiger charge is 2.05. The minimum atomic E-state index is -0.273. The van der Waals surface area contributed by atoms with E-state index >= 15 is 0 Å². The molecule has 0 saturated carbocycles. The third-order valence-corrected chi connectivity index (χ3v) is 2.28. The van der Waals surface area contributed by atoms with Crippen molar-refractivity contribution in [1.82, 2.24) is 5.32 Å². The van der Waals surface area contributed by atoms with Crippen LogP contribution in [-0.4, -0.2) is 19.0 Å². The Morgan fingerprint density at radius 1 is 1.46 bits per heavy atom. The quantitative estimate of drug-likeness (QED) is 0.600. The Morgan fingerprint density at radius 2 is 2.15 bits per heavy atom. The molecule has 78 valence electrons. The lowest BCUT2D eigenvalue weighted by molar-refractivity contribution is -0.117. The summed E-state index contributed by atoms with van der Waals surface area (Å²) < 4.78 is 0. The molecule has 0 aromatic rings. The van der Waals surface area contributed by atoms with E-state index in [2.05, 4.69) is 19.2 Å². The summed E-state index contributed by atoms with van der Waals surface area (Å²) in [5.74, 6) is 0.421. The van der Waals surface area contributed by atoms with Gasteiger partial charge >= 0.3 is 0 Å². The fourth-order valence-electron chi connectivity index (χ4n) is 1.34. The summed E-state index contributed by atoms with van der Waals surface area (Å²) in [7, 11) is 0. The number of nitrogens with two attached hydrogens (primary N) is 1. The third kappa shape index (κ3) is 7.78. The first-order valence-corrected chi connectivity index (χ1v) is 5.19. The van der Waals surface area contributed by atoms with E-state index in [-0.39, 0.29) is 5.91 Å². The van der Waals surface area contributed by atoms with Crippen molar-refractivity contribution in [2.24, 2.45) is 11.7 Å². The number of unbranched alkanes of at least 4 members (excludes halogenated alkanes) is 1. The predicted octanol–water partition coefficient (Wildman–Crippen LogP) is 1.28. The maximum Gasteiger partial charge on any atom is 0.231 e. The number of nitrogens with one attached hydrogen (secondary N) is 1. The van der Waals surface area contributed by atoms with Crippen LogP contribution in [0.1, 0.15) is 39.5 Å². The first kappa shape index (κ1) is 12.4. The highest BCUT2D eigenvalue weighted by Crippen LogP contribution is 2.10. The van der Waals surface area contributed by atoms with Crippen LogP contribution in [0.4, 0.5) is 0 Å². The summed E-state index contributed by atoms with van der Waals surface area (Å²) in [4.78, 5) is 10.4. The fraction of sp³-hybridized carbons (Fsp3) is 0.900. The van der Waals surface area contributed by atoms with Gasteiger partial charge in [-0.3, -0.25) is 4.79 Å². The molecule has 0 spiro atoms. The van der Waals surface area contributed by atoms with E-state index in [1.165, 1.54) is 25.7 Å². The normalized spacial score (nSPS) is 12.8. The van der Waals surface area contributed by atoms with E-state index in [4.69, 9.17) is 5.73 Å². The number of amides is 1. The van der Waals surface area contributed by atoms with Crippen molar-refractivity contribution in [3.05, 3.63) is 0 Å². The van der Waals surface area contributed by atoms with Gasteiger partial charge in [-0.1, -0.05) is 33.1 Å². The number of hydrogen-bond donors (Lipinski definition) is 2. The Hall–Kier alpha value is -0.570. The summed E-state index contributed by atoms with van der Waals surface area (Å²) in [6, 6.07) is 0. The van der Waals surface area contributed by atoms with Gasteiger partial charge in [0.1, 0.15) is 0 Å². The van der Waals surface area contributed by atoms with E-state index in [0.717, 1.165) is 6.54 Å². The molecule has 0 bridgehead atoms. The van der Waals surface area contributed by atoms with E-state index in [0.29, 0.717) is 12.5 Å². The largest absolute Gasteiger partial charge is 0.369 e. The molecule has 0 heterocycles. The van der Waals surface area contributed by atoms with Gasteiger partial charge in [0.25, 0.3) is 0 Å². The van der Waals surface area contributed by atoms with Gasteiger partial charge in [-0.25, -0.2) is 0 Å². The van der Waals surface area contributed by atoms with Crippen LogP contribution in [0.5, 0.6) is 0 Å². The van der Waals surface area contributed by atoms with Crippen molar-refractivity contribution in [2.75, 3.05) is 13.1 Å². The van der Waals surface area contributed by atoms with Crippen molar-refractivity contribution in [2.45, 2.75) is 39.5 Å². The zero-order valence-corrected chi connectivity index (χ0v) is 8.81. The van der Waals surface area contributed by atoms with E-state index in [9.17, 15) is 4.79 Å². The first-order valence-electron chi connectivity index (χ1n) is 5.19. The molecule has 13 heavy (non-hydrogen) atoms. The monoisotopic (exact) mass is 186 g/mol. The minimum absolute atomic E-state index is 0.273. The first-order chi connectivity index (χ1) is 6.20. The molecular weight excluding hydrogens is 164 g/mol. The SMILES string of the molecule is CCCCC(CC)CNCC(N)=O. The second-order valence-electron chi connectivity index (χ2n) is 3.51. The maximum atomic E-state index is 10.4. The summed E-state index contributed by atoms with van der Waals surface area (Å²) >= 11 is 0. The van der Waals surface area contributed by atoms with Gasteiger partial charge < -0.3 is 11.1 Å². The highest BCUT2D eigenvalue weighted by molar-refractivity contribution is 5.75. The minimum Gasteiger partial charge on any atom is -0.369 e. The van der Waals surface area contributed by atoms with Crippen LogP contribution in [0, 0.1) is 5.92 Å². The zero-order chi connectivity index (χ0) is 10.1. The molecule has 0 aliphatic heterocycles. The van der Waals surface area contributed by atoms with Gasteiger partial charge in [-0.15, -0.1) is 0 Å². The summed E-state index contributed by atoms with van der Waals surface area (Å²) in [5.41, 5.74) is 5.02. The van der Waals surface area contributed by atoms with Crippen molar-refractivity contribution < 1.29 is 4.79 Å². The average molecular weight is 186 g/mol. The predicted molar refractivity (Wildman–Crippen MR) is 55.4 cm³/mol. The number of primary amides is 1. The summed E-state index contributed by atoms with van der Waals surface area (Å²) in [6.45, 7) is 5.61. The molecular formula is C10H22N2O. The van der Waals surface area contributed by atoms with E-state index < -0.39 is 0 Å². The van der Waals surface area contributed by atoms with Crippen molar-refractivity contribution in [3.8, 4) is 0 Å². The van der Waals surface area contributed by atoms with Crippen molar-refractivity contribution >= 4 is 5.91 Å². The molecule has 3 N–H and O–H groups in total. The molecule has 1 atom stereocenters. The maximum absolute atomic E-state index is 10.4. The van der Waals surface area contributed by atoms with Crippen LogP contribution in [0.3, 0.4) is 0 Å². The number of carbonyl (C=O) groups excluding carboxylic acids is 1. The average Bonchev–Trinajstić information content (AvgIpc) is 2.10. The lowest BCUT2D eigenvalue weighted by atomic mass is 9.99. The van der Waals surface area contributed by atoms with Crippen molar-refractivity contribution in [1.29, 1.82) is 0 Å².